The number of hydrogen-bond donors (Lipinski definition) is 1. The number of nitrogens with two attached hydrogens (primary N) is 1. The fourth-order valence-electron chi connectivity index (χ4n) is 2.04. The maximum absolute atomic E-state index is 12.1. The number of carbonyl (C=O) groups excluding carboxylic acids is 1. The summed E-state index contributed by atoms with van der Waals surface area (Å²) in [4.78, 5) is 16.2. The van der Waals surface area contributed by atoms with E-state index >= 15 is 0 Å². The number of aromatic nitrogens is 2. The molecule has 0 amide bonds. The first-order valence-electron chi connectivity index (χ1n) is 6.05. The fourth-order valence-corrected chi connectivity index (χ4v) is 2.04. The van der Waals surface area contributed by atoms with E-state index < -0.39 is 6.04 Å². The van der Waals surface area contributed by atoms with Gasteiger partial charge in [-0.3, -0.25) is 0 Å². The van der Waals surface area contributed by atoms with Gasteiger partial charge in [-0.05, 0) is 12.5 Å². The third-order valence-corrected chi connectivity index (χ3v) is 2.98. The second-order valence-corrected chi connectivity index (χ2v) is 4.35. The highest BCUT2D eigenvalue weighted by Crippen LogP contribution is 2.23. The van der Waals surface area contributed by atoms with Crippen molar-refractivity contribution in [3.63, 3.8) is 0 Å². The standard InChI is InChI=1S/C14H17N3O2/c1-10(15)12-8-16-9-17(12)13(14(18)19-2)11-6-4-3-5-7-11/h3-10,13H,15H2,1-2H3. The molecule has 0 aliphatic carbocycles. The van der Waals surface area contributed by atoms with Crippen LogP contribution in [0.1, 0.15) is 30.3 Å². The minimum absolute atomic E-state index is 0.210. The molecular formula is C14H17N3O2. The lowest BCUT2D eigenvalue weighted by Gasteiger charge is -2.20. The molecule has 5 nitrogen and oxygen atoms in total. The van der Waals surface area contributed by atoms with Gasteiger partial charge < -0.3 is 15.0 Å². The summed E-state index contributed by atoms with van der Waals surface area (Å²) in [5.41, 5.74) is 7.54. The van der Waals surface area contributed by atoms with E-state index in [1.165, 1.54) is 7.11 Å². The molecule has 2 atom stereocenters. The molecule has 2 aromatic rings. The Kier molecular flexibility index (Phi) is 3.97. The quantitative estimate of drug-likeness (QED) is 0.848. The Hall–Kier alpha value is -2.14. The smallest absolute Gasteiger partial charge is 0.333 e. The van der Waals surface area contributed by atoms with Crippen molar-refractivity contribution in [3.8, 4) is 0 Å². The van der Waals surface area contributed by atoms with Crippen LogP contribution in [0.5, 0.6) is 0 Å². The van der Waals surface area contributed by atoms with Crippen molar-refractivity contribution in [2.45, 2.75) is 19.0 Å². The van der Waals surface area contributed by atoms with Gasteiger partial charge in [-0.15, -0.1) is 0 Å². The fraction of sp³-hybridized carbons (Fsp3) is 0.286. The van der Waals surface area contributed by atoms with Gasteiger partial charge in [-0.1, -0.05) is 30.3 Å². The van der Waals surface area contributed by atoms with Crippen LogP contribution in [0.2, 0.25) is 0 Å². The Morgan fingerprint density at radius 1 is 1.37 bits per heavy atom. The summed E-state index contributed by atoms with van der Waals surface area (Å²) in [6.07, 6.45) is 3.27. The Bertz CT molecular complexity index is 549. The number of methoxy groups -OCH3 is 1. The first-order chi connectivity index (χ1) is 9.15. The Balaban J connectivity index is 2.50. The number of hydrogen-bond acceptors (Lipinski definition) is 4. The molecule has 2 N–H and O–H groups in total. The van der Waals surface area contributed by atoms with Crippen LogP contribution in [0.25, 0.3) is 0 Å². The Morgan fingerprint density at radius 2 is 2.05 bits per heavy atom. The number of ether oxygens (including phenoxy) is 1. The molecule has 0 fully saturated rings. The molecule has 2 unspecified atom stereocenters. The molecule has 1 aromatic heterocycles. The SMILES string of the molecule is COC(=O)C(c1ccccc1)n1cncc1C(C)N. The van der Waals surface area contributed by atoms with Gasteiger partial charge in [0.25, 0.3) is 0 Å². The maximum atomic E-state index is 12.1. The van der Waals surface area contributed by atoms with E-state index in [0.717, 1.165) is 11.3 Å². The van der Waals surface area contributed by atoms with E-state index in [9.17, 15) is 4.79 Å². The van der Waals surface area contributed by atoms with Crippen molar-refractivity contribution in [2.75, 3.05) is 7.11 Å². The predicted octanol–water partition coefficient (Wildman–Crippen LogP) is 1.67. The Morgan fingerprint density at radius 3 is 2.63 bits per heavy atom. The van der Waals surface area contributed by atoms with E-state index in [4.69, 9.17) is 10.5 Å². The van der Waals surface area contributed by atoms with Crippen LogP contribution in [-0.4, -0.2) is 22.6 Å². The van der Waals surface area contributed by atoms with E-state index in [1.54, 1.807) is 17.1 Å². The highest BCUT2D eigenvalue weighted by Gasteiger charge is 2.25. The predicted molar refractivity (Wildman–Crippen MR) is 71.4 cm³/mol. The van der Waals surface area contributed by atoms with Gasteiger partial charge in [0.2, 0.25) is 0 Å². The lowest BCUT2D eigenvalue weighted by Crippen LogP contribution is -2.25. The minimum atomic E-state index is -0.560. The molecule has 0 bridgehead atoms. The summed E-state index contributed by atoms with van der Waals surface area (Å²) in [7, 11) is 1.38. The first-order valence-corrected chi connectivity index (χ1v) is 6.05. The van der Waals surface area contributed by atoms with Gasteiger partial charge in [0.15, 0.2) is 6.04 Å². The molecule has 100 valence electrons. The zero-order valence-electron chi connectivity index (χ0n) is 11.0. The molecule has 5 heteroatoms. The average molecular weight is 259 g/mol. The molecule has 1 aromatic carbocycles. The summed E-state index contributed by atoms with van der Waals surface area (Å²) in [5.74, 6) is -0.342. The largest absolute Gasteiger partial charge is 0.467 e. The van der Waals surface area contributed by atoms with Crippen LogP contribution in [0.4, 0.5) is 0 Å². The number of benzene rings is 1. The summed E-state index contributed by atoms with van der Waals surface area (Å²) in [6, 6.07) is 8.66. The number of imidazole rings is 1. The van der Waals surface area contributed by atoms with Gasteiger partial charge in [-0.25, -0.2) is 9.78 Å². The van der Waals surface area contributed by atoms with Crippen LogP contribution in [0.3, 0.4) is 0 Å². The summed E-state index contributed by atoms with van der Waals surface area (Å²) in [5, 5.41) is 0. The molecule has 0 radical (unpaired) electrons. The molecule has 1 heterocycles. The zero-order chi connectivity index (χ0) is 13.8. The maximum Gasteiger partial charge on any atom is 0.333 e. The van der Waals surface area contributed by atoms with Gasteiger partial charge in [-0.2, -0.15) is 0 Å². The van der Waals surface area contributed by atoms with Crippen LogP contribution in [0, 0.1) is 0 Å². The van der Waals surface area contributed by atoms with Gasteiger partial charge >= 0.3 is 5.97 Å². The third-order valence-electron chi connectivity index (χ3n) is 2.98. The average Bonchev–Trinajstić information content (AvgIpc) is 2.89. The molecule has 0 spiro atoms. The van der Waals surface area contributed by atoms with Gasteiger partial charge in [0, 0.05) is 12.2 Å². The van der Waals surface area contributed by atoms with Crippen molar-refractivity contribution in [3.05, 3.63) is 54.1 Å². The van der Waals surface area contributed by atoms with Crippen molar-refractivity contribution in [2.24, 2.45) is 5.73 Å². The summed E-state index contributed by atoms with van der Waals surface area (Å²) >= 11 is 0. The molecule has 2 rings (SSSR count). The second-order valence-electron chi connectivity index (χ2n) is 4.35. The lowest BCUT2D eigenvalue weighted by molar-refractivity contribution is -0.143. The number of carbonyl (C=O) groups is 1. The highest BCUT2D eigenvalue weighted by molar-refractivity contribution is 5.78. The van der Waals surface area contributed by atoms with Gasteiger partial charge in [0.05, 0.1) is 19.1 Å². The van der Waals surface area contributed by atoms with Crippen molar-refractivity contribution < 1.29 is 9.53 Å². The van der Waals surface area contributed by atoms with Crippen molar-refractivity contribution in [1.82, 2.24) is 9.55 Å². The number of nitrogens with zero attached hydrogens (tertiary/aromatic N) is 2. The highest BCUT2D eigenvalue weighted by atomic mass is 16.5. The molecule has 0 aliphatic rings. The van der Waals surface area contributed by atoms with Crippen LogP contribution in [0.15, 0.2) is 42.9 Å². The number of rotatable bonds is 4. The molecule has 0 saturated heterocycles. The second kappa shape index (κ2) is 5.67. The van der Waals surface area contributed by atoms with Crippen LogP contribution < -0.4 is 5.73 Å². The van der Waals surface area contributed by atoms with Crippen molar-refractivity contribution in [1.29, 1.82) is 0 Å². The van der Waals surface area contributed by atoms with Crippen molar-refractivity contribution >= 4 is 5.97 Å². The molecule has 19 heavy (non-hydrogen) atoms. The van der Waals surface area contributed by atoms with E-state index in [1.807, 2.05) is 37.3 Å². The van der Waals surface area contributed by atoms with E-state index in [-0.39, 0.29) is 12.0 Å². The first kappa shape index (κ1) is 13.3. The summed E-state index contributed by atoms with van der Waals surface area (Å²) in [6.45, 7) is 1.85. The number of esters is 1. The normalized spacial score (nSPS) is 13.8. The molecular weight excluding hydrogens is 242 g/mol. The van der Waals surface area contributed by atoms with Crippen LogP contribution >= 0.6 is 0 Å². The van der Waals surface area contributed by atoms with Gasteiger partial charge in [0.1, 0.15) is 0 Å². The monoisotopic (exact) mass is 259 g/mol. The zero-order valence-corrected chi connectivity index (χ0v) is 11.0. The third kappa shape index (κ3) is 2.66. The van der Waals surface area contributed by atoms with E-state index in [0.29, 0.717) is 0 Å². The lowest BCUT2D eigenvalue weighted by atomic mass is 10.1. The minimum Gasteiger partial charge on any atom is -0.467 e. The molecule has 0 aliphatic heterocycles. The molecule has 0 saturated carbocycles. The topological polar surface area (TPSA) is 70.1 Å². The van der Waals surface area contributed by atoms with E-state index in [2.05, 4.69) is 4.98 Å². The van der Waals surface area contributed by atoms with Crippen LogP contribution in [-0.2, 0) is 9.53 Å². The Labute approximate surface area is 112 Å². The summed E-state index contributed by atoms with van der Waals surface area (Å²) < 4.78 is 6.65.